The Balaban J connectivity index is 3.05. The fourth-order valence-corrected chi connectivity index (χ4v) is 1.39. The molecule has 0 amide bonds. The van der Waals surface area contributed by atoms with E-state index in [-0.39, 0.29) is 0 Å². The number of hydrogen-bond donors (Lipinski definition) is 2. The summed E-state index contributed by atoms with van der Waals surface area (Å²) in [5.41, 5.74) is 2.63. The molecule has 0 aliphatic carbocycles. The highest BCUT2D eigenvalue weighted by Crippen LogP contribution is 2.15. The molecule has 0 saturated heterocycles. The fraction of sp³-hybridized carbons (Fsp3) is 0.250. The van der Waals surface area contributed by atoms with Gasteiger partial charge in [-0.2, -0.15) is 0 Å². The summed E-state index contributed by atoms with van der Waals surface area (Å²) in [5, 5.41) is 0. The van der Waals surface area contributed by atoms with Gasteiger partial charge in [0.1, 0.15) is 0 Å². The van der Waals surface area contributed by atoms with Crippen LogP contribution in [0.5, 0.6) is 0 Å². The predicted molar refractivity (Wildman–Crippen MR) is 49.9 cm³/mol. The van der Waals surface area contributed by atoms with Crippen molar-refractivity contribution in [3.63, 3.8) is 0 Å². The van der Waals surface area contributed by atoms with E-state index >= 15 is 0 Å². The van der Waals surface area contributed by atoms with Crippen LogP contribution in [-0.2, 0) is 10.9 Å². The highest BCUT2D eigenvalue weighted by molar-refractivity contribution is 7.73. The van der Waals surface area contributed by atoms with Crippen molar-refractivity contribution < 1.29 is 8.42 Å². The Labute approximate surface area is 73.5 Å². The third-order valence-corrected chi connectivity index (χ3v) is 2.03. The van der Waals surface area contributed by atoms with Crippen LogP contribution in [0.2, 0.25) is 0 Å². The number of rotatable bonds is 2. The van der Waals surface area contributed by atoms with Crippen molar-refractivity contribution in [3.8, 4) is 0 Å². The summed E-state index contributed by atoms with van der Waals surface area (Å²) in [6.07, 6.45) is 0. The van der Waals surface area contributed by atoms with Crippen LogP contribution in [0.25, 0.3) is 0 Å². The number of hydrogen-bond acceptors (Lipinski definition) is 2. The molecule has 0 unspecified atom stereocenters. The second-order valence-corrected chi connectivity index (χ2v) is 3.43. The molecule has 0 aromatic heterocycles. The van der Waals surface area contributed by atoms with E-state index in [1.54, 1.807) is 6.07 Å². The Kier molecular flexibility index (Phi) is 2.70. The van der Waals surface area contributed by atoms with Gasteiger partial charge in [-0.1, -0.05) is 12.1 Å². The van der Waals surface area contributed by atoms with Crippen LogP contribution in [0.15, 0.2) is 18.2 Å². The summed E-state index contributed by atoms with van der Waals surface area (Å²) in [7, 11) is -2.56. The maximum Gasteiger partial charge on any atom is 0.222 e. The summed E-state index contributed by atoms with van der Waals surface area (Å²) >= 11 is 0. The quantitative estimate of drug-likeness (QED) is 0.681. The van der Waals surface area contributed by atoms with E-state index in [9.17, 15) is 8.42 Å². The van der Waals surface area contributed by atoms with E-state index in [4.69, 9.17) is 0 Å². The maximum atomic E-state index is 10.4. The van der Waals surface area contributed by atoms with E-state index in [0.717, 1.165) is 11.1 Å². The van der Waals surface area contributed by atoms with E-state index in [1.807, 2.05) is 26.0 Å². The Morgan fingerprint density at radius 3 is 2.50 bits per heavy atom. The number of anilines is 1. The van der Waals surface area contributed by atoms with Crippen molar-refractivity contribution in [2.75, 3.05) is 4.72 Å². The zero-order valence-corrected chi connectivity index (χ0v) is 7.89. The van der Waals surface area contributed by atoms with Crippen LogP contribution in [0.4, 0.5) is 5.69 Å². The average Bonchev–Trinajstić information content (AvgIpc) is 1.96. The van der Waals surface area contributed by atoms with Gasteiger partial charge in [0, 0.05) is 0 Å². The Morgan fingerprint density at radius 1 is 1.25 bits per heavy atom. The largest absolute Gasteiger partial charge is 0.285 e. The van der Waals surface area contributed by atoms with Gasteiger partial charge < -0.3 is 0 Å². The van der Waals surface area contributed by atoms with Crippen LogP contribution in [0.3, 0.4) is 0 Å². The van der Waals surface area contributed by atoms with Crippen molar-refractivity contribution in [3.05, 3.63) is 29.3 Å². The molecule has 0 aliphatic rings. The number of nitrogens with one attached hydrogen (secondary N) is 1. The first-order valence-electron chi connectivity index (χ1n) is 3.58. The summed E-state index contributed by atoms with van der Waals surface area (Å²) in [5.74, 6) is 0. The van der Waals surface area contributed by atoms with Crippen LogP contribution in [-0.4, -0.2) is 8.42 Å². The van der Waals surface area contributed by atoms with Gasteiger partial charge in [-0.25, -0.2) is 8.42 Å². The standard InChI is InChI=1S/C8H11NO2S/c1-6-3-4-7(2)8(5-6)9-12(10)11/h3-5,12H,1-2H3,(H,9,10,11). The summed E-state index contributed by atoms with van der Waals surface area (Å²) in [4.78, 5) is 0. The van der Waals surface area contributed by atoms with Gasteiger partial charge in [0.25, 0.3) is 0 Å². The molecule has 0 spiro atoms. The van der Waals surface area contributed by atoms with E-state index in [2.05, 4.69) is 4.72 Å². The molecule has 0 radical (unpaired) electrons. The summed E-state index contributed by atoms with van der Waals surface area (Å²) < 4.78 is 23.1. The number of benzene rings is 1. The van der Waals surface area contributed by atoms with Crippen LogP contribution in [0.1, 0.15) is 11.1 Å². The molecule has 1 N–H and O–H groups in total. The van der Waals surface area contributed by atoms with E-state index in [1.165, 1.54) is 0 Å². The molecule has 0 saturated carbocycles. The van der Waals surface area contributed by atoms with Gasteiger partial charge in [0.15, 0.2) is 0 Å². The molecule has 0 heterocycles. The fourth-order valence-electron chi connectivity index (χ4n) is 0.955. The Bertz CT molecular complexity index is 350. The van der Waals surface area contributed by atoms with Crippen molar-refractivity contribution in [2.24, 2.45) is 0 Å². The smallest absolute Gasteiger partial charge is 0.222 e. The lowest BCUT2D eigenvalue weighted by Crippen LogP contribution is -1.97. The van der Waals surface area contributed by atoms with Crippen LogP contribution >= 0.6 is 0 Å². The molecular formula is C8H11NO2S. The molecule has 1 aromatic rings. The van der Waals surface area contributed by atoms with Gasteiger partial charge in [-0.3, -0.25) is 4.72 Å². The lowest BCUT2D eigenvalue weighted by atomic mass is 10.1. The average molecular weight is 185 g/mol. The lowest BCUT2D eigenvalue weighted by molar-refractivity contribution is 0.619. The normalized spacial score (nSPS) is 10.2. The molecule has 4 heteroatoms. The summed E-state index contributed by atoms with van der Waals surface area (Å²) in [6.45, 7) is 3.78. The molecule has 0 fully saturated rings. The van der Waals surface area contributed by atoms with E-state index < -0.39 is 10.9 Å². The monoisotopic (exact) mass is 185 g/mol. The van der Waals surface area contributed by atoms with Gasteiger partial charge in [0.05, 0.1) is 5.69 Å². The molecule has 12 heavy (non-hydrogen) atoms. The first-order valence-corrected chi connectivity index (χ1v) is 4.75. The van der Waals surface area contributed by atoms with Crippen molar-refractivity contribution in [1.29, 1.82) is 0 Å². The SMILES string of the molecule is Cc1ccc(C)c(N[SH](=O)=O)c1. The minimum absolute atomic E-state index is 0.658. The highest BCUT2D eigenvalue weighted by atomic mass is 32.2. The molecule has 3 nitrogen and oxygen atoms in total. The summed E-state index contributed by atoms with van der Waals surface area (Å²) in [6, 6.07) is 5.63. The van der Waals surface area contributed by atoms with Crippen LogP contribution in [0, 0.1) is 13.8 Å². The maximum absolute atomic E-state index is 10.4. The lowest BCUT2D eigenvalue weighted by Gasteiger charge is -2.03. The molecule has 0 bridgehead atoms. The van der Waals surface area contributed by atoms with Crippen LogP contribution < -0.4 is 4.72 Å². The first-order chi connectivity index (χ1) is 5.59. The molecule has 0 aliphatic heterocycles. The Morgan fingerprint density at radius 2 is 1.92 bits per heavy atom. The minimum atomic E-state index is -2.56. The Hall–Kier alpha value is -1.03. The number of aryl methyl sites for hydroxylation is 2. The highest BCUT2D eigenvalue weighted by Gasteiger charge is 1.96. The third-order valence-electron chi connectivity index (χ3n) is 1.60. The van der Waals surface area contributed by atoms with Crippen molar-refractivity contribution in [1.82, 2.24) is 0 Å². The number of thiol groups is 1. The first kappa shape index (κ1) is 9.06. The topological polar surface area (TPSA) is 46.2 Å². The van der Waals surface area contributed by atoms with Gasteiger partial charge in [-0.15, -0.1) is 0 Å². The molecule has 66 valence electrons. The molecule has 1 aromatic carbocycles. The second kappa shape index (κ2) is 3.58. The van der Waals surface area contributed by atoms with E-state index in [0.29, 0.717) is 5.69 Å². The van der Waals surface area contributed by atoms with Crippen molar-refractivity contribution in [2.45, 2.75) is 13.8 Å². The zero-order chi connectivity index (χ0) is 9.14. The van der Waals surface area contributed by atoms with Gasteiger partial charge in [-0.05, 0) is 31.0 Å². The molecule has 0 atom stereocenters. The van der Waals surface area contributed by atoms with Crippen molar-refractivity contribution >= 4 is 16.6 Å². The van der Waals surface area contributed by atoms with Gasteiger partial charge in [0.2, 0.25) is 10.9 Å². The minimum Gasteiger partial charge on any atom is -0.285 e. The molecular weight excluding hydrogens is 174 g/mol. The van der Waals surface area contributed by atoms with Gasteiger partial charge >= 0.3 is 0 Å². The predicted octanol–water partition coefficient (Wildman–Crippen LogP) is 1.24. The second-order valence-electron chi connectivity index (χ2n) is 2.69. The third kappa shape index (κ3) is 2.23. The zero-order valence-electron chi connectivity index (χ0n) is 7.00. The molecule has 1 rings (SSSR count).